The summed E-state index contributed by atoms with van der Waals surface area (Å²) in [6.45, 7) is 14.8. The molecule has 28 heavy (non-hydrogen) atoms. The molecule has 1 aromatic rings. The molecule has 0 aliphatic heterocycles. The Bertz CT molecular complexity index is 605. The first-order valence-corrected chi connectivity index (χ1v) is 9.75. The summed E-state index contributed by atoms with van der Waals surface area (Å²) in [6, 6.07) is 3.87. The maximum Gasteiger partial charge on any atom is 0.302 e. The number of aryl methyl sites for hydroxylation is 3. The van der Waals surface area contributed by atoms with Crippen molar-refractivity contribution in [2.45, 2.75) is 48.5 Å². The van der Waals surface area contributed by atoms with Crippen molar-refractivity contribution in [1.82, 2.24) is 0 Å². The van der Waals surface area contributed by atoms with Crippen molar-refractivity contribution in [1.29, 1.82) is 0 Å². The lowest BCUT2D eigenvalue weighted by Gasteiger charge is -2.07. The van der Waals surface area contributed by atoms with E-state index in [1.165, 1.54) is 6.92 Å². The standard InChI is InChI=1S/C11H15N3O.C4H11O2P.C4H8O2/c1-6-4-7(2)9(8(3)5-6)10(15)14-11(12)13;1-3-5-7-6-4-2;1-3-6-4(2)5/h4-5H,1-3H3,(H4,12,13,14,15);7H,3-4H2,1-2H3;3H2,1-2H3. The van der Waals surface area contributed by atoms with Crippen LogP contribution < -0.4 is 11.5 Å². The van der Waals surface area contributed by atoms with Crippen molar-refractivity contribution >= 4 is 26.9 Å². The molecule has 0 bridgehead atoms. The molecule has 0 saturated carbocycles. The summed E-state index contributed by atoms with van der Waals surface area (Å²) in [4.78, 5) is 25.0. The van der Waals surface area contributed by atoms with Crippen molar-refractivity contribution in [2.24, 2.45) is 16.5 Å². The third kappa shape index (κ3) is 15.1. The monoisotopic (exact) mass is 415 g/mol. The molecule has 0 atom stereocenters. The maximum absolute atomic E-state index is 11.7. The molecule has 0 aliphatic rings. The molecule has 1 rings (SSSR count). The van der Waals surface area contributed by atoms with Gasteiger partial charge in [-0.25, -0.2) is 0 Å². The summed E-state index contributed by atoms with van der Waals surface area (Å²) in [6.07, 6.45) is 0. The fourth-order valence-electron chi connectivity index (χ4n) is 2.05. The Kier molecular flexibility index (Phi) is 17.2. The largest absolute Gasteiger partial charge is 0.466 e. The van der Waals surface area contributed by atoms with E-state index in [0.29, 0.717) is 12.2 Å². The predicted octanol–water partition coefficient (Wildman–Crippen LogP) is 3.16. The Labute approximate surface area is 170 Å². The molecule has 160 valence electrons. The van der Waals surface area contributed by atoms with Gasteiger partial charge in [0.15, 0.2) is 15.0 Å². The van der Waals surface area contributed by atoms with Gasteiger partial charge in [-0.3, -0.25) is 9.59 Å². The zero-order chi connectivity index (χ0) is 22.1. The molecular formula is C19H34N3O5P. The number of esters is 1. The summed E-state index contributed by atoms with van der Waals surface area (Å²) >= 11 is 0. The van der Waals surface area contributed by atoms with Crippen LogP contribution in [0.5, 0.6) is 0 Å². The SMILES string of the molecule is CCOC(C)=O.CCOPOCC.Cc1cc(C)c(C(=O)N=C(N)N)c(C)c1. The molecule has 0 unspecified atom stereocenters. The molecule has 0 saturated heterocycles. The Balaban J connectivity index is 0. The number of rotatable bonds is 6. The number of aliphatic imine (C=N–C) groups is 1. The van der Waals surface area contributed by atoms with Crippen molar-refractivity contribution < 1.29 is 23.4 Å². The fraction of sp³-hybridized carbons (Fsp3) is 0.526. The first-order chi connectivity index (χ1) is 13.1. The average Bonchev–Trinajstić information content (AvgIpc) is 2.54. The first kappa shape index (κ1) is 28.2. The molecule has 0 spiro atoms. The molecule has 0 aliphatic carbocycles. The van der Waals surface area contributed by atoms with Crippen LogP contribution in [0.1, 0.15) is 54.7 Å². The molecule has 0 aromatic heterocycles. The van der Waals surface area contributed by atoms with Crippen molar-refractivity contribution in [2.75, 3.05) is 19.8 Å². The van der Waals surface area contributed by atoms with Gasteiger partial charge in [-0.05, 0) is 52.7 Å². The number of carbonyl (C=O) groups excluding carboxylic acids is 2. The van der Waals surface area contributed by atoms with Crippen LogP contribution in [0.2, 0.25) is 0 Å². The van der Waals surface area contributed by atoms with Gasteiger partial charge in [0.2, 0.25) is 0 Å². The lowest BCUT2D eigenvalue weighted by molar-refractivity contribution is -0.140. The number of benzene rings is 1. The Morgan fingerprint density at radius 2 is 1.43 bits per heavy atom. The Morgan fingerprint density at radius 1 is 0.964 bits per heavy atom. The van der Waals surface area contributed by atoms with Crippen molar-refractivity contribution in [3.63, 3.8) is 0 Å². The molecule has 0 fully saturated rings. The summed E-state index contributed by atoms with van der Waals surface area (Å²) in [5.74, 6) is -0.804. The summed E-state index contributed by atoms with van der Waals surface area (Å²) in [5.41, 5.74) is 13.8. The lowest BCUT2D eigenvalue weighted by Crippen LogP contribution is -2.24. The van der Waals surface area contributed by atoms with Gasteiger partial charge in [-0.1, -0.05) is 17.7 Å². The number of guanidine groups is 1. The molecular weight excluding hydrogens is 381 g/mol. The summed E-state index contributed by atoms with van der Waals surface area (Å²) < 4.78 is 14.2. The number of amides is 1. The molecule has 4 N–H and O–H groups in total. The molecule has 9 heteroatoms. The number of ether oxygens (including phenoxy) is 1. The van der Waals surface area contributed by atoms with Crippen LogP contribution >= 0.6 is 9.03 Å². The molecule has 1 aromatic carbocycles. The third-order valence-corrected chi connectivity index (χ3v) is 3.69. The zero-order valence-electron chi connectivity index (χ0n) is 17.9. The third-order valence-electron chi connectivity index (χ3n) is 2.88. The van der Waals surface area contributed by atoms with Crippen LogP contribution in [-0.2, 0) is 18.6 Å². The van der Waals surface area contributed by atoms with E-state index in [2.05, 4.69) is 9.73 Å². The number of nitrogens with two attached hydrogens (primary N) is 2. The first-order valence-electron chi connectivity index (χ1n) is 8.94. The van der Waals surface area contributed by atoms with Gasteiger partial charge >= 0.3 is 5.97 Å². The van der Waals surface area contributed by atoms with E-state index >= 15 is 0 Å². The van der Waals surface area contributed by atoms with E-state index in [4.69, 9.17) is 20.5 Å². The van der Waals surface area contributed by atoms with E-state index in [-0.39, 0.29) is 26.9 Å². The normalized spacial score (nSPS) is 9.25. The molecule has 1 amide bonds. The molecule has 0 radical (unpaired) electrons. The van der Waals surface area contributed by atoms with Gasteiger partial charge in [0, 0.05) is 12.5 Å². The Hall–Kier alpha value is -2.02. The second kappa shape index (κ2) is 17.1. The van der Waals surface area contributed by atoms with E-state index in [1.807, 2.05) is 46.8 Å². The highest BCUT2D eigenvalue weighted by Gasteiger charge is 2.11. The minimum absolute atomic E-state index is 0.209. The topological polar surface area (TPSA) is 126 Å². The van der Waals surface area contributed by atoms with Crippen LogP contribution in [0.15, 0.2) is 17.1 Å². The number of carbonyl (C=O) groups is 2. The lowest BCUT2D eigenvalue weighted by atomic mass is 9.99. The summed E-state index contributed by atoms with van der Waals surface area (Å²) in [7, 11) is 0.232. The van der Waals surface area contributed by atoms with E-state index in [1.54, 1.807) is 6.92 Å². The number of hydrogen-bond acceptors (Lipinski definition) is 5. The summed E-state index contributed by atoms with van der Waals surface area (Å²) in [5, 5.41) is 0. The van der Waals surface area contributed by atoms with Gasteiger partial charge in [-0.2, -0.15) is 4.99 Å². The van der Waals surface area contributed by atoms with Crippen molar-refractivity contribution in [3.8, 4) is 0 Å². The quantitative estimate of drug-likeness (QED) is 0.240. The van der Waals surface area contributed by atoms with Gasteiger partial charge in [0.05, 0.1) is 19.8 Å². The van der Waals surface area contributed by atoms with Crippen LogP contribution in [-0.4, -0.2) is 37.7 Å². The van der Waals surface area contributed by atoms with Crippen molar-refractivity contribution in [3.05, 3.63) is 34.4 Å². The minimum Gasteiger partial charge on any atom is -0.466 e. The predicted molar refractivity (Wildman–Crippen MR) is 115 cm³/mol. The smallest absolute Gasteiger partial charge is 0.302 e. The number of nitrogens with zero attached hydrogens (tertiary/aromatic N) is 1. The fourth-order valence-corrected chi connectivity index (χ4v) is 2.37. The Morgan fingerprint density at radius 3 is 1.71 bits per heavy atom. The zero-order valence-corrected chi connectivity index (χ0v) is 18.9. The highest BCUT2D eigenvalue weighted by molar-refractivity contribution is 7.26. The highest BCUT2D eigenvalue weighted by Crippen LogP contribution is 2.17. The highest BCUT2D eigenvalue weighted by atomic mass is 31.1. The van der Waals surface area contributed by atoms with Gasteiger partial charge in [-0.15, -0.1) is 0 Å². The van der Waals surface area contributed by atoms with Gasteiger partial charge in [0.25, 0.3) is 5.91 Å². The van der Waals surface area contributed by atoms with Crippen LogP contribution in [0.3, 0.4) is 0 Å². The maximum atomic E-state index is 11.7. The average molecular weight is 415 g/mol. The molecule has 8 nitrogen and oxygen atoms in total. The number of hydrogen-bond donors (Lipinski definition) is 2. The van der Waals surface area contributed by atoms with E-state index in [9.17, 15) is 9.59 Å². The minimum atomic E-state index is -0.384. The van der Waals surface area contributed by atoms with Gasteiger partial charge in [0.1, 0.15) is 0 Å². The van der Waals surface area contributed by atoms with Crippen LogP contribution in [0, 0.1) is 20.8 Å². The second-order valence-corrected chi connectivity index (χ2v) is 6.23. The van der Waals surface area contributed by atoms with Gasteiger partial charge < -0.3 is 25.3 Å². The van der Waals surface area contributed by atoms with E-state index < -0.39 is 0 Å². The molecule has 0 heterocycles. The van der Waals surface area contributed by atoms with Crippen LogP contribution in [0.25, 0.3) is 0 Å². The van der Waals surface area contributed by atoms with Crippen LogP contribution in [0.4, 0.5) is 0 Å². The van der Waals surface area contributed by atoms with E-state index in [0.717, 1.165) is 29.9 Å². The second-order valence-electron chi connectivity index (χ2n) is 5.49.